The first-order chi connectivity index (χ1) is 26.9. The van der Waals surface area contributed by atoms with Crippen molar-refractivity contribution in [2.24, 2.45) is 0 Å². The summed E-state index contributed by atoms with van der Waals surface area (Å²) in [6, 6.07) is 52.8. The van der Waals surface area contributed by atoms with Gasteiger partial charge in [-0.05, 0) is 89.7 Å². The lowest BCUT2D eigenvalue weighted by atomic mass is 9.89. The Kier molecular flexibility index (Phi) is 7.08. The summed E-state index contributed by atoms with van der Waals surface area (Å²) in [7, 11) is 0. The molecule has 0 N–H and O–H groups in total. The first-order valence-corrected chi connectivity index (χ1v) is 20.0. The van der Waals surface area contributed by atoms with Crippen LogP contribution < -0.4 is 19.3 Å². The molecule has 0 spiro atoms. The molecular weight excluding hydrogens is 693 g/mol. The molecule has 2 aliphatic rings. The van der Waals surface area contributed by atoms with E-state index in [2.05, 4.69) is 183 Å². The lowest BCUT2D eigenvalue weighted by molar-refractivity contribution is 0.477. The number of fused-ring (bicyclic) bond motifs is 9. The summed E-state index contributed by atoms with van der Waals surface area (Å²) in [6.45, 7) is 9.12. The molecule has 0 atom stereocenters. The summed E-state index contributed by atoms with van der Waals surface area (Å²) in [5.41, 5.74) is 9.00. The summed E-state index contributed by atoms with van der Waals surface area (Å²) >= 11 is 1.84. The molecule has 5 heteroatoms. The Morgan fingerprint density at radius 2 is 0.855 bits per heavy atom. The van der Waals surface area contributed by atoms with E-state index in [1.807, 2.05) is 11.3 Å². The highest BCUT2D eigenvalue weighted by Gasteiger charge is 2.34. The molecule has 0 bridgehead atoms. The molecule has 4 nitrogen and oxygen atoms in total. The van der Waals surface area contributed by atoms with Crippen molar-refractivity contribution in [3.05, 3.63) is 157 Å². The first kappa shape index (κ1) is 32.2. The first-order valence-electron chi connectivity index (χ1n) is 19.1. The Morgan fingerprint density at radius 3 is 1.40 bits per heavy atom. The van der Waals surface area contributed by atoms with Gasteiger partial charge < -0.3 is 19.3 Å². The molecule has 55 heavy (non-hydrogen) atoms. The van der Waals surface area contributed by atoms with Crippen molar-refractivity contribution < 1.29 is 9.47 Å². The number of hydrogen-bond donors (Lipinski definition) is 0. The van der Waals surface area contributed by atoms with Crippen molar-refractivity contribution in [3.8, 4) is 23.0 Å². The van der Waals surface area contributed by atoms with Crippen LogP contribution in [0.15, 0.2) is 146 Å². The lowest BCUT2D eigenvalue weighted by Crippen LogP contribution is -2.19. The minimum atomic E-state index is 0.340. The Morgan fingerprint density at radius 1 is 0.382 bits per heavy atom. The monoisotopic (exact) mass is 730 g/mol. The zero-order chi connectivity index (χ0) is 36.9. The van der Waals surface area contributed by atoms with E-state index in [-0.39, 0.29) is 0 Å². The van der Waals surface area contributed by atoms with Crippen LogP contribution in [0.1, 0.15) is 50.7 Å². The predicted molar refractivity (Wildman–Crippen MR) is 232 cm³/mol. The quantitative estimate of drug-likeness (QED) is 0.168. The average Bonchev–Trinajstić information content (AvgIpc) is 3.57. The number of rotatable bonds is 4. The molecule has 8 aromatic carbocycles. The van der Waals surface area contributed by atoms with Crippen molar-refractivity contribution >= 4 is 87.2 Å². The van der Waals surface area contributed by atoms with Crippen LogP contribution in [0.4, 0.5) is 34.1 Å². The molecular formula is C50H38N2O2S. The minimum absolute atomic E-state index is 0.340. The largest absolute Gasteiger partial charge is 0.453 e. The Hall–Kier alpha value is -6.30. The second kappa shape index (κ2) is 12.1. The predicted octanol–water partition coefficient (Wildman–Crippen LogP) is 15.8. The molecule has 0 saturated heterocycles. The molecule has 0 fully saturated rings. The lowest BCUT2D eigenvalue weighted by Gasteiger charge is -2.37. The van der Waals surface area contributed by atoms with Gasteiger partial charge in [0.1, 0.15) is 0 Å². The van der Waals surface area contributed by atoms with E-state index in [1.165, 1.54) is 52.8 Å². The van der Waals surface area contributed by atoms with Crippen LogP contribution in [0.3, 0.4) is 0 Å². The van der Waals surface area contributed by atoms with E-state index in [4.69, 9.17) is 9.47 Å². The zero-order valence-electron chi connectivity index (χ0n) is 31.1. The summed E-state index contributed by atoms with van der Waals surface area (Å²) in [5.74, 6) is 4.06. The maximum atomic E-state index is 6.83. The highest BCUT2D eigenvalue weighted by atomic mass is 32.1. The van der Waals surface area contributed by atoms with Crippen LogP contribution in [0.5, 0.6) is 23.0 Å². The molecule has 1 aromatic heterocycles. The van der Waals surface area contributed by atoms with Gasteiger partial charge >= 0.3 is 0 Å². The normalized spacial score (nSPS) is 13.3. The summed E-state index contributed by atoms with van der Waals surface area (Å²) < 4.78 is 15.9. The molecule has 266 valence electrons. The van der Waals surface area contributed by atoms with E-state index in [0.717, 1.165) is 57.1 Å². The fraction of sp³-hybridized carbons (Fsp3) is 0.120. The summed E-state index contributed by atoms with van der Waals surface area (Å²) in [4.78, 5) is 4.91. The molecule has 2 aliphatic heterocycles. The third-order valence-corrected chi connectivity index (χ3v) is 12.5. The van der Waals surface area contributed by atoms with Gasteiger partial charge in [-0.1, -0.05) is 107 Å². The third kappa shape index (κ3) is 4.82. The van der Waals surface area contributed by atoms with Gasteiger partial charge in [-0.3, -0.25) is 0 Å². The van der Waals surface area contributed by atoms with Crippen LogP contribution in [0.25, 0.3) is 41.7 Å². The molecule has 0 radical (unpaired) electrons. The van der Waals surface area contributed by atoms with E-state index in [1.54, 1.807) is 0 Å². The number of anilines is 6. The van der Waals surface area contributed by atoms with Crippen LogP contribution in [-0.4, -0.2) is 0 Å². The van der Waals surface area contributed by atoms with Gasteiger partial charge in [0.05, 0.1) is 34.1 Å². The molecule has 0 aliphatic carbocycles. The molecule has 0 amide bonds. The molecule has 9 aromatic rings. The second-order valence-corrected chi connectivity index (χ2v) is 16.4. The fourth-order valence-electron chi connectivity index (χ4n) is 8.58. The SMILES string of the molecule is CC(C)c1ccc2c(N3c4ccccc4Oc4cc5c(cc43)sc3ccccc35)c3cc(C(C)C)ccc3c(N3c4ccccc4Oc4ccccc43)c2c1. The van der Waals surface area contributed by atoms with E-state index >= 15 is 0 Å². The Labute approximate surface area is 324 Å². The van der Waals surface area contributed by atoms with Gasteiger partial charge in [0, 0.05) is 41.7 Å². The second-order valence-electron chi connectivity index (χ2n) is 15.3. The van der Waals surface area contributed by atoms with E-state index < -0.39 is 0 Å². The van der Waals surface area contributed by atoms with Gasteiger partial charge in [0.2, 0.25) is 0 Å². The van der Waals surface area contributed by atoms with E-state index in [0.29, 0.717) is 11.8 Å². The van der Waals surface area contributed by atoms with Crippen LogP contribution >= 0.6 is 11.3 Å². The number of nitrogens with zero attached hydrogens (tertiary/aromatic N) is 2. The fourth-order valence-corrected chi connectivity index (χ4v) is 9.70. The van der Waals surface area contributed by atoms with Crippen LogP contribution in [0, 0.1) is 0 Å². The van der Waals surface area contributed by atoms with Crippen molar-refractivity contribution in [1.29, 1.82) is 0 Å². The third-order valence-electron chi connectivity index (χ3n) is 11.3. The van der Waals surface area contributed by atoms with Gasteiger partial charge in [0.25, 0.3) is 0 Å². The highest BCUT2D eigenvalue weighted by molar-refractivity contribution is 7.25. The number of benzene rings is 8. The number of hydrogen-bond acceptors (Lipinski definition) is 5. The van der Waals surface area contributed by atoms with Gasteiger partial charge in [0.15, 0.2) is 23.0 Å². The molecule has 0 unspecified atom stereocenters. The van der Waals surface area contributed by atoms with Crippen molar-refractivity contribution in [1.82, 2.24) is 0 Å². The number of thiophene rings is 1. The van der Waals surface area contributed by atoms with E-state index in [9.17, 15) is 0 Å². The maximum absolute atomic E-state index is 6.83. The average molecular weight is 731 g/mol. The molecule has 0 saturated carbocycles. The van der Waals surface area contributed by atoms with Crippen LogP contribution in [-0.2, 0) is 0 Å². The van der Waals surface area contributed by atoms with Gasteiger partial charge in [-0.25, -0.2) is 0 Å². The Bertz CT molecular complexity index is 2990. The molecule has 3 heterocycles. The minimum Gasteiger partial charge on any atom is -0.453 e. The molecule has 11 rings (SSSR count). The Balaban J connectivity index is 1.30. The zero-order valence-corrected chi connectivity index (χ0v) is 31.9. The number of ether oxygens (including phenoxy) is 2. The van der Waals surface area contributed by atoms with Crippen molar-refractivity contribution in [2.45, 2.75) is 39.5 Å². The highest BCUT2D eigenvalue weighted by Crippen LogP contribution is 2.59. The summed E-state index contributed by atoms with van der Waals surface area (Å²) in [6.07, 6.45) is 0. The standard InChI is InChI=1S/C50H38N2O2S/c1-29(2)31-22-24-35-37(25-31)49(51-39-14-6-9-17-43(39)53-44-18-10-7-15-40(44)51)34-23-21-32(30(3)4)26-38(34)50(35)52-41-16-8-11-19-45(41)54-46-27-36-33-13-5-12-20-47(33)55-48(36)28-42(46)52/h5-30H,1-4H3. The smallest absolute Gasteiger partial charge is 0.152 e. The van der Waals surface area contributed by atoms with Crippen LogP contribution in [0.2, 0.25) is 0 Å². The van der Waals surface area contributed by atoms with Gasteiger partial charge in [-0.2, -0.15) is 0 Å². The van der Waals surface area contributed by atoms with Crippen molar-refractivity contribution in [2.75, 3.05) is 9.80 Å². The van der Waals surface area contributed by atoms with Gasteiger partial charge in [-0.15, -0.1) is 11.3 Å². The number of para-hydroxylation sites is 6. The topological polar surface area (TPSA) is 24.9 Å². The summed E-state index contributed by atoms with van der Waals surface area (Å²) in [5, 5.41) is 7.20. The maximum Gasteiger partial charge on any atom is 0.152 e. The van der Waals surface area contributed by atoms with Crippen molar-refractivity contribution in [3.63, 3.8) is 0 Å².